The summed E-state index contributed by atoms with van der Waals surface area (Å²) in [6.07, 6.45) is 0.826. The number of hydrogen-bond acceptors (Lipinski definition) is 3. The van der Waals surface area contributed by atoms with E-state index in [0.717, 1.165) is 25.1 Å². The summed E-state index contributed by atoms with van der Waals surface area (Å²) in [4.78, 5) is 14.7. The Balaban J connectivity index is 1.61. The molecule has 4 nitrogen and oxygen atoms in total. The van der Waals surface area contributed by atoms with Crippen LogP contribution >= 0.6 is 0 Å². The first kappa shape index (κ1) is 15.5. The van der Waals surface area contributed by atoms with Gasteiger partial charge in [0.15, 0.2) is 5.79 Å². The average Bonchev–Trinajstić information content (AvgIpc) is 2.47. The maximum atomic E-state index is 12.8. The van der Waals surface area contributed by atoms with Gasteiger partial charge in [0, 0.05) is 13.1 Å². The predicted molar refractivity (Wildman–Crippen MR) is 84.5 cm³/mol. The van der Waals surface area contributed by atoms with Crippen LogP contribution in [-0.4, -0.2) is 42.9 Å². The van der Waals surface area contributed by atoms with E-state index in [9.17, 15) is 4.79 Å². The molecule has 0 aromatic heterocycles. The van der Waals surface area contributed by atoms with Crippen molar-refractivity contribution in [2.45, 2.75) is 38.9 Å². The maximum Gasteiger partial charge on any atom is 0.230 e. The lowest BCUT2D eigenvalue weighted by atomic mass is 9.79. The van der Waals surface area contributed by atoms with Crippen LogP contribution in [0.25, 0.3) is 0 Å². The van der Waals surface area contributed by atoms with Crippen molar-refractivity contribution in [3.8, 4) is 0 Å². The van der Waals surface area contributed by atoms with Crippen molar-refractivity contribution in [1.82, 2.24) is 4.90 Å². The largest absolute Gasteiger partial charge is 0.350 e. The predicted octanol–water partition coefficient (Wildman–Crippen LogP) is 2.79. The molecule has 0 aliphatic carbocycles. The Morgan fingerprint density at radius 3 is 2.32 bits per heavy atom. The summed E-state index contributed by atoms with van der Waals surface area (Å²) in [5.41, 5.74) is 1.10. The number of amides is 1. The third kappa shape index (κ3) is 2.90. The van der Waals surface area contributed by atoms with Crippen molar-refractivity contribution in [3.05, 3.63) is 35.9 Å². The molecule has 1 unspecified atom stereocenters. The zero-order valence-electron chi connectivity index (χ0n) is 13.7. The van der Waals surface area contributed by atoms with Crippen LogP contribution in [0.2, 0.25) is 0 Å². The molecule has 120 valence electrons. The number of ether oxygens (including phenoxy) is 2. The van der Waals surface area contributed by atoms with Crippen molar-refractivity contribution in [3.63, 3.8) is 0 Å². The maximum absolute atomic E-state index is 12.8. The summed E-state index contributed by atoms with van der Waals surface area (Å²) in [7, 11) is 0. The Hall–Kier alpha value is -1.39. The Kier molecular flexibility index (Phi) is 4.00. The number of nitrogens with zero attached hydrogens (tertiary/aromatic N) is 1. The minimum atomic E-state index is -0.494. The monoisotopic (exact) mass is 303 g/mol. The molecule has 2 fully saturated rings. The molecular formula is C18H25NO3. The molecule has 2 saturated heterocycles. The molecule has 0 N–H and O–H groups in total. The molecule has 4 heteroatoms. The van der Waals surface area contributed by atoms with Crippen molar-refractivity contribution >= 4 is 5.91 Å². The highest BCUT2D eigenvalue weighted by Gasteiger charge is 2.50. The van der Waals surface area contributed by atoms with E-state index in [0.29, 0.717) is 13.2 Å². The molecule has 1 aromatic rings. The minimum Gasteiger partial charge on any atom is -0.350 e. The molecule has 0 saturated carbocycles. The molecular weight excluding hydrogens is 278 g/mol. The van der Waals surface area contributed by atoms with E-state index in [2.05, 4.69) is 6.92 Å². The molecule has 1 atom stereocenters. The van der Waals surface area contributed by atoms with Gasteiger partial charge in [-0.15, -0.1) is 0 Å². The molecule has 2 aliphatic heterocycles. The van der Waals surface area contributed by atoms with E-state index in [1.54, 1.807) is 0 Å². The van der Waals surface area contributed by atoms with Gasteiger partial charge in [0.1, 0.15) is 0 Å². The van der Waals surface area contributed by atoms with E-state index in [1.165, 1.54) is 0 Å². The summed E-state index contributed by atoms with van der Waals surface area (Å²) in [5, 5.41) is 0. The standard InChI is InChI=1S/C18H25NO3/c1-4-15(14-8-6-5-7-9-14)16(20)19-10-18(11-19)12-21-17(2,3)22-13-18/h5-9,15H,4,10-13H2,1-3H3. The minimum absolute atomic E-state index is 0.000158. The fraction of sp³-hybridized carbons (Fsp3) is 0.611. The number of rotatable bonds is 3. The zero-order chi connectivity index (χ0) is 15.8. The van der Waals surface area contributed by atoms with Gasteiger partial charge >= 0.3 is 0 Å². The lowest BCUT2D eigenvalue weighted by Crippen LogP contribution is -2.66. The van der Waals surface area contributed by atoms with Crippen LogP contribution in [0.4, 0.5) is 0 Å². The lowest BCUT2D eigenvalue weighted by Gasteiger charge is -2.54. The lowest BCUT2D eigenvalue weighted by molar-refractivity contribution is -0.303. The molecule has 22 heavy (non-hydrogen) atoms. The van der Waals surface area contributed by atoms with Crippen LogP contribution < -0.4 is 0 Å². The second-order valence-corrected chi connectivity index (χ2v) is 7.04. The molecule has 2 heterocycles. The molecule has 1 aromatic carbocycles. The number of benzene rings is 1. The van der Waals surface area contributed by atoms with Gasteiger partial charge in [-0.2, -0.15) is 0 Å². The van der Waals surface area contributed by atoms with Gasteiger partial charge in [-0.3, -0.25) is 4.79 Å². The van der Waals surface area contributed by atoms with Crippen molar-refractivity contribution < 1.29 is 14.3 Å². The highest BCUT2D eigenvalue weighted by atomic mass is 16.7. The first-order valence-electron chi connectivity index (χ1n) is 8.06. The summed E-state index contributed by atoms with van der Waals surface area (Å²) < 4.78 is 11.5. The quantitative estimate of drug-likeness (QED) is 0.862. The van der Waals surface area contributed by atoms with E-state index < -0.39 is 5.79 Å². The Bertz CT molecular complexity index is 523. The first-order chi connectivity index (χ1) is 10.4. The molecule has 2 aliphatic rings. The number of carbonyl (C=O) groups excluding carboxylic acids is 1. The van der Waals surface area contributed by atoms with Gasteiger partial charge < -0.3 is 14.4 Å². The topological polar surface area (TPSA) is 38.8 Å². The van der Waals surface area contributed by atoms with Gasteiger partial charge in [-0.25, -0.2) is 0 Å². The average molecular weight is 303 g/mol. The van der Waals surface area contributed by atoms with E-state index in [1.807, 2.05) is 49.1 Å². The summed E-state index contributed by atoms with van der Waals surface area (Å²) in [5.74, 6) is -0.310. The van der Waals surface area contributed by atoms with Crippen molar-refractivity contribution in [2.24, 2.45) is 5.41 Å². The third-order valence-electron chi connectivity index (χ3n) is 4.72. The zero-order valence-corrected chi connectivity index (χ0v) is 13.7. The SMILES string of the molecule is CCC(C(=O)N1CC2(COC(C)(C)OC2)C1)c1ccccc1. The number of hydrogen-bond donors (Lipinski definition) is 0. The summed E-state index contributed by atoms with van der Waals surface area (Å²) in [6.45, 7) is 8.77. The Morgan fingerprint density at radius 2 is 1.77 bits per heavy atom. The normalized spacial score (nSPS) is 23.9. The molecule has 1 spiro atoms. The van der Waals surface area contributed by atoms with Crippen LogP contribution in [0.1, 0.15) is 38.7 Å². The first-order valence-corrected chi connectivity index (χ1v) is 8.06. The molecule has 0 radical (unpaired) electrons. The van der Waals surface area contributed by atoms with Crippen molar-refractivity contribution in [2.75, 3.05) is 26.3 Å². The van der Waals surface area contributed by atoms with E-state index in [-0.39, 0.29) is 17.2 Å². The third-order valence-corrected chi connectivity index (χ3v) is 4.72. The van der Waals surface area contributed by atoms with E-state index in [4.69, 9.17) is 9.47 Å². The summed E-state index contributed by atoms with van der Waals surface area (Å²) >= 11 is 0. The highest BCUT2D eigenvalue weighted by Crippen LogP contribution is 2.39. The van der Waals surface area contributed by atoms with Gasteiger partial charge in [0.2, 0.25) is 5.91 Å². The van der Waals surface area contributed by atoms with Crippen LogP contribution in [0, 0.1) is 5.41 Å². The van der Waals surface area contributed by atoms with Crippen LogP contribution in [0.5, 0.6) is 0 Å². The highest BCUT2D eigenvalue weighted by molar-refractivity contribution is 5.84. The Labute approximate surface area is 132 Å². The van der Waals surface area contributed by atoms with Gasteiger partial charge in [-0.1, -0.05) is 37.3 Å². The fourth-order valence-electron chi connectivity index (χ4n) is 3.30. The van der Waals surface area contributed by atoms with Crippen LogP contribution in [-0.2, 0) is 14.3 Å². The molecule has 1 amide bonds. The van der Waals surface area contributed by atoms with Crippen LogP contribution in [0.3, 0.4) is 0 Å². The van der Waals surface area contributed by atoms with Gasteiger partial charge in [-0.05, 0) is 25.8 Å². The number of carbonyl (C=O) groups is 1. The van der Waals surface area contributed by atoms with Gasteiger partial charge in [0.25, 0.3) is 0 Å². The summed E-state index contributed by atoms with van der Waals surface area (Å²) in [6, 6.07) is 10.0. The molecule has 3 rings (SSSR count). The van der Waals surface area contributed by atoms with Crippen LogP contribution in [0.15, 0.2) is 30.3 Å². The second kappa shape index (κ2) is 5.67. The smallest absolute Gasteiger partial charge is 0.230 e. The second-order valence-electron chi connectivity index (χ2n) is 7.04. The van der Waals surface area contributed by atoms with Gasteiger partial charge in [0.05, 0.1) is 24.5 Å². The molecule has 0 bridgehead atoms. The van der Waals surface area contributed by atoms with E-state index >= 15 is 0 Å². The number of likely N-dealkylation sites (tertiary alicyclic amines) is 1. The Morgan fingerprint density at radius 1 is 1.18 bits per heavy atom. The fourth-order valence-corrected chi connectivity index (χ4v) is 3.30. The van der Waals surface area contributed by atoms with Crippen molar-refractivity contribution in [1.29, 1.82) is 0 Å².